The van der Waals surface area contributed by atoms with Gasteiger partial charge in [-0.1, -0.05) is 19.3 Å². The highest BCUT2D eigenvalue weighted by atomic mass is 32.1. The number of urea groups is 1. The van der Waals surface area contributed by atoms with E-state index in [0.29, 0.717) is 11.3 Å². The first kappa shape index (κ1) is 14.5. The van der Waals surface area contributed by atoms with Crippen LogP contribution in [0.2, 0.25) is 0 Å². The summed E-state index contributed by atoms with van der Waals surface area (Å²) >= 11 is 1.66. The number of thiazole rings is 1. The summed E-state index contributed by atoms with van der Waals surface area (Å²) in [7, 11) is 0. The zero-order valence-electron chi connectivity index (χ0n) is 13.1. The Bertz CT molecular complexity index is 520. The molecule has 1 atom stereocenters. The maximum absolute atomic E-state index is 12.7. The van der Waals surface area contributed by atoms with Crippen molar-refractivity contribution in [2.75, 3.05) is 13.1 Å². The highest BCUT2D eigenvalue weighted by molar-refractivity contribution is 7.09. The number of nitrogens with zero attached hydrogens (tertiary/aromatic N) is 2. The Hall–Kier alpha value is -1.10. The van der Waals surface area contributed by atoms with E-state index in [2.05, 4.69) is 15.2 Å². The molecule has 1 N–H and O–H groups in total. The molecule has 2 aliphatic carbocycles. The van der Waals surface area contributed by atoms with E-state index in [-0.39, 0.29) is 12.1 Å². The average molecular weight is 319 g/mol. The van der Waals surface area contributed by atoms with Gasteiger partial charge in [0, 0.05) is 24.7 Å². The molecule has 2 heterocycles. The molecular formula is C17H25N3OS. The normalized spacial score (nSPS) is 25.4. The lowest BCUT2D eigenvalue weighted by Crippen LogP contribution is -2.42. The van der Waals surface area contributed by atoms with Crippen LogP contribution in [0.4, 0.5) is 4.79 Å². The molecule has 1 spiro atoms. The number of likely N-dealkylation sites (tertiary alicyclic amines) is 1. The SMILES string of the molecule is O=C(N[C@H](c1nccs1)C1CC1)N1CCC2(CCCCC2)C1. The average Bonchev–Trinajstić information content (AvgIpc) is 3.07. The molecule has 1 saturated heterocycles. The highest BCUT2D eigenvalue weighted by Crippen LogP contribution is 2.44. The molecule has 1 aliphatic heterocycles. The van der Waals surface area contributed by atoms with Crippen LogP contribution >= 0.6 is 11.3 Å². The second kappa shape index (κ2) is 5.84. The number of hydrogen-bond donors (Lipinski definition) is 1. The Morgan fingerprint density at radius 3 is 2.82 bits per heavy atom. The first-order valence-corrected chi connectivity index (χ1v) is 9.59. The van der Waals surface area contributed by atoms with Crippen LogP contribution in [0.3, 0.4) is 0 Å². The van der Waals surface area contributed by atoms with Crippen LogP contribution in [0.15, 0.2) is 11.6 Å². The lowest BCUT2D eigenvalue weighted by atomic mass is 9.73. The summed E-state index contributed by atoms with van der Waals surface area (Å²) in [6, 6.07) is 0.268. The molecule has 4 rings (SSSR count). The minimum atomic E-state index is 0.134. The lowest BCUT2D eigenvalue weighted by Gasteiger charge is -2.33. The number of amides is 2. The summed E-state index contributed by atoms with van der Waals surface area (Å²) in [6.07, 6.45) is 12.2. The fourth-order valence-corrected chi connectivity index (χ4v) is 5.02. The minimum absolute atomic E-state index is 0.134. The van der Waals surface area contributed by atoms with Crippen LogP contribution in [-0.2, 0) is 0 Å². The molecule has 0 unspecified atom stereocenters. The summed E-state index contributed by atoms with van der Waals surface area (Å²) in [6.45, 7) is 1.90. The van der Waals surface area contributed by atoms with Crippen molar-refractivity contribution in [1.82, 2.24) is 15.2 Å². The van der Waals surface area contributed by atoms with E-state index >= 15 is 0 Å². The zero-order chi connectivity index (χ0) is 15.0. The Balaban J connectivity index is 1.39. The minimum Gasteiger partial charge on any atom is -0.328 e. The van der Waals surface area contributed by atoms with Crippen molar-refractivity contribution in [2.24, 2.45) is 11.3 Å². The van der Waals surface area contributed by atoms with Crippen molar-refractivity contribution in [3.63, 3.8) is 0 Å². The molecule has 1 aromatic heterocycles. The molecule has 2 amide bonds. The van der Waals surface area contributed by atoms with Gasteiger partial charge in [-0.25, -0.2) is 9.78 Å². The van der Waals surface area contributed by atoms with E-state index in [4.69, 9.17) is 0 Å². The zero-order valence-corrected chi connectivity index (χ0v) is 13.9. The summed E-state index contributed by atoms with van der Waals surface area (Å²) in [5.74, 6) is 0.598. The third-order valence-corrected chi connectivity index (χ3v) is 6.59. The van der Waals surface area contributed by atoms with Gasteiger partial charge in [-0.3, -0.25) is 0 Å². The second-order valence-corrected chi connectivity index (χ2v) is 8.29. The number of rotatable bonds is 3. The van der Waals surface area contributed by atoms with Crippen molar-refractivity contribution < 1.29 is 4.79 Å². The van der Waals surface area contributed by atoms with Crippen LogP contribution in [0.5, 0.6) is 0 Å². The molecule has 2 saturated carbocycles. The summed E-state index contributed by atoms with van der Waals surface area (Å²) < 4.78 is 0. The van der Waals surface area contributed by atoms with Gasteiger partial charge in [0.25, 0.3) is 0 Å². The molecule has 0 bridgehead atoms. The molecular weight excluding hydrogens is 294 g/mol. The van der Waals surface area contributed by atoms with E-state index in [0.717, 1.165) is 18.1 Å². The van der Waals surface area contributed by atoms with Crippen molar-refractivity contribution in [2.45, 2.75) is 57.4 Å². The van der Waals surface area contributed by atoms with Gasteiger partial charge in [-0.15, -0.1) is 11.3 Å². The fraction of sp³-hybridized carbons (Fsp3) is 0.765. The molecule has 4 nitrogen and oxygen atoms in total. The third kappa shape index (κ3) is 2.87. The van der Waals surface area contributed by atoms with Crippen LogP contribution in [0, 0.1) is 11.3 Å². The summed E-state index contributed by atoms with van der Waals surface area (Å²) in [4.78, 5) is 19.2. The van der Waals surface area contributed by atoms with Crippen molar-refractivity contribution in [3.05, 3.63) is 16.6 Å². The first-order chi connectivity index (χ1) is 10.8. The Morgan fingerprint density at radius 1 is 1.32 bits per heavy atom. The van der Waals surface area contributed by atoms with Crippen molar-refractivity contribution >= 4 is 17.4 Å². The van der Waals surface area contributed by atoms with E-state index in [1.54, 1.807) is 11.3 Å². The monoisotopic (exact) mass is 319 g/mol. The predicted molar refractivity (Wildman–Crippen MR) is 87.8 cm³/mol. The van der Waals surface area contributed by atoms with Gasteiger partial charge in [0.05, 0.1) is 6.04 Å². The fourth-order valence-electron chi connectivity index (χ4n) is 4.24. The highest BCUT2D eigenvalue weighted by Gasteiger charge is 2.42. The predicted octanol–water partition coefficient (Wildman–Crippen LogP) is 3.96. The van der Waals surface area contributed by atoms with Gasteiger partial charge in [-0.05, 0) is 43.4 Å². The molecule has 120 valence electrons. The Kier molecular flexibility index (Phi) is 3.84. The van der Waals surface area contributed by atoms with Gasteiger partial charge in [0.1, 0.15) is 5.01 Å². The van der Waals surface area contributed by atoms with E-state index in [1.165, 1.54) is 51.4 Å². The van der Waals surface area contributed by atoms with Crippen LogP contribution in [0.25, 0.3) is 0 Å². The van der Waals surface area contributed by atoms with Crippen LogP contribution in [-0.4, -0.2) is 29.0 Å². The lowest BCUT2D eigenvalue weighted by molar-refractivity contribution is 0.174. The van der Waals surface area contributed by atoms with Gasteiger partial charge >= 0.3 is 6.03 Å². The van der Waals surface area contributed by atoms with E-state index < -0.39 is 0 Å². The quantitative estimate of drug-likeness (QED) is 0.916. The maximum atomic E-state index is 12.7. The van der Waals surface area contributed by atoms with Crippen LogP contribution < -0.4 is 5.32 Å². The Morgan fingerprint density at radius 2 is 2.14 bits per heavy atom. The Labute approximate surface area is 136 Å². The molecule has 1 aromatic rings. The van der Waals surface area contributed by atoms with E-state index in [9.17, 15) is 4.79 Å². The molecule has 3 aliphatic rings. The van der Waals surface area contributed by atoms with Gasteiger partial charge in [0.15, 0.2) is 0 Å². The molecule has 3 fully saturated rings. The number of aromatic nitrogens is 1. The number of carbonyl (C=O) groups excluding carboxylic acids is 1. The third-order valence-electron chi connectivity index (χ3n) is 5.73. The molecule has 22 heavy (non-hydrogen) atoms. The van der Waals surface area contributed by atoms with Gasteiger partial charge in [-0.2, -0.15) is 0 Å². The van der Waals surface area contributed by atoms with Crippen molar-refractivity contribution in [1.29, 1.82) is 0 Å². The largest absolute Gasteiger partial charge is 0.328 e. The van der Waals surface area contributed by atoms with E-state index in [1.807, 2.05) is 11.6 Å². The molecule has 0 radical (unpaired) electrons. The number of hydrogen-bond acceptors (Lipinski definition) is 3. The molecule has 5 heteroatoms. The molecule has 0 aromatic carbocycles. The van der Waals surface area contributed by atoms with Gasteiger partial charge < -0.3 is 10.2 Å². The topological polar surface area (TPSA) is 45.2 Å². The number of carbonyl (C=O) groups is 1. The number of nitrogens with one attached hydrogen (secondary N) is 1. The van der Waals surface area contributed by atoms with Crippen LogP contribution in [0.1, 0.15) is 62.4 Å². The first-order valence-electron chi connectivity index (χ1n) is 8.71. The summed E-state index contributed by atoms with van der Waals surface area (Å²) in [5, 5.41) is 6.36. The standard InChI is InChI=1S/C17H25N3OS/c21-16(19-14(13-4-5-13)15-18-9-11-22-15)20-10-8-17(12-20)6-2-1-3-7-17/h9,11,13-14H,1-8,10,12H2,(H,19,21)/t14-/m0/s1. The van der Waals surface area contributed by atoms with Crippen molar-refractivity contribution in [3.8, 4) is 0 Å². The smallest absolute Gasteiger partial charge is 0.317 e. The van der Waals surface area contributed by atoms with Gasteiger partial charge in [0.2, 0.25) is 0 Å². The second-order valence-electron chi connectivity index (χ2n) is 7.37. The maximum Gasteiger partial charge on any atom is 0.317 e. The summed E-state index contributed by atoms with van der Waals surface area (Å²) in [5.41, 5.74) is 0.436.